The Labute approximate surface area is 390 Å². The molecule has 0 spiro atoms. The van der Waals surface area contributed by atoms with Crippen molar-refractivity contribution in [1.82, 2.24) is 30.5 Å². The number of carbonyl (C=O) groups is 4. The lowest BCUT2D eigenvalue weighted by Gasteiger charge is -2.59. The summed E-state index contributed by atoms with van der Waals surface area (Å²) in [6.07, 6.45) is 12.6. The van der Waals surface area contributed by atoms with Crippen LogP contribution in [0.5, 0.6) is 11.5 Å². The number of amides is 3. The Bertz CT molecular complexity index is 2440. The predicted octanol–water partition coefficient (Wildman–Crippen LogP) is 5.68. The zero-order valence-corrected chi connectivity index (χ0v) is 39.6. The highest BCUT2D eigenvalue weighted by Crippen LogP contribution is 2.65. The van der Waals surface area contributed by atoms with Gasteiger partial charge in [0.1, 0.15) is 16.6 Å². The minimum atomic E-state index is -0.416. The minimum absolute atomic E-state index is 0.00562. The van der Waals surface area contributed by atoms with E-state index in [-0.39, 0.29) is 53.4 Å². The van der Waals surface area contributed by atoms with Crippen LogP contribution in [0.2, 0.25) is 5.02 Å². The van der Waals surface area contributed by atoms with Gasteiger partial charge in [-0.15, -0.1) is 0 Å². The van der Waals surface area contributed by atoms with E-state index in [2.05, 4.69) is 45.3 Å². The van der Waals surface area contributed by atoms with Crippen molar-refractivity contribution in [3.63, 3.8) is 0 Å². The molecule has 0 radical (unpaired) electrons. The number of halogens is 1. The van der Waals surface area contributed by atoms with E-state index in [0.29, 0.717) is 114 Å². The molecular weight excluding hydrogens is 866 g/mol. The van der Waals surface area contributed by atoms with Gasteiger partial charge >= 0.3 is 0 Å². The average Bonchev–Trinajstić information content (AvgIpc) is 3.65. The number of nitrogens with one attached hydrogen (secondary N) is 4. The van der Waals surface area contributed by atoms with E-state index in [1.165, 1.54) is 37.8 Å². The second-order valence-electron chi connectivity index (χ2n) is 19.4. The molecule has 3 heterocycles. The Morgan fingerprint density at radius 1 is 0.924 bits per heavy atom. The van der Waals surface area contributed by atoms with Crippen LogP contribution >= 0.6 is 11.6 Å². The highest BCUT2D eigenvalue weighted by Gasteiger charge is 2.59. The van der Waals surface area contributed by atoms with E-state index in [4.69, 9.17) is 30.9 Å². The Morgan fingerprint density at radius 3 is 2.48 bits per heavy atom. The predicted molar refractivity (Wildman–Crippen MR) is 251 cm³/mol. The molecule has 1 saturated heterocycles. The molecule has 4 aliphatic carbocycles. The highest BCUT2D eigenvalue weighted by atomic mass is 35.5. The van der Waals surface area contributed by atoms with Crippen molar-refractivity contribution in [2.24, 2.45) is 52.6 Å². The van der Waals surface area contributed by atoms with E-state index >= 15 is 0 Å². The summed E-state index contributed by atoms with van der Waals surface area (Å²) in [5.74, 6) is 3.41. The molecule has 0 bridgehead atoms. The van der Waals surface area contributed by atoms with Gasteiger partial charge in [-0.1, -0.05) is 30.6 Å². The number of fused-ring (bicyclic) bond motifs is 6. The van der Waals surface area contributed by atoms with Crippen molar-refractivity contribution in [3.05, 3.63) is 39.8 Å². The van der Waals surface area contributed by atoms with Gasteiger partial charge in [0.2, 0.25) is 11.9 Å². The number of oxime groups is 1. The third-order valence-corrected chi connectivity index (χ3v) is 16.1. The third-order valence-electron chi connectivity index (χ3n) is 15.8. The van der Waals surface area contributed by atoms with Gasteiger partial charge in [0, 0.05) is 81.6 Å². The van der Waals surface area contributed by atoms with E-state index in [0.717, 1.165) is 50.7 Å². The fraction of sp³-hybridized carbons (Fsp3) is 0.625. The number of aromatic nitrogens is 3. The van der Waals surface area contributed by atoms with Crippen LogP contribution < -0.4 is 41.2 Å². The van der Waals surface area contributed by atoms with E-state index in [9.17, 15) is 24.0 Å². The molecule has 356 valence electrons. The molecule has 4 saturated carbocycles. The number of hydrogen-bond acceptors (Lipinski definition) is 13. The third kappa shape index (κ3) is 9.54. The number of hydrogen-bond donors (Lipinski definition) is 4. The number of nitrogens with zero attached hydrogens (tertiary/aromatic N) is 5. The molecule has 1 aromatic carbocycles. The Balaban J connectivity index is 0.761. The number of likely N-dealkylation sites (N-methyl/N-ethyl adjacent to an activating group) is 1. The van der Waals surface area contributed by atoms with Crippen LogP contribution in [0.25, 0.3) is 10.9 Å². The van der Waals surface area contributed by atoms with Crippen molar-refractivity contribution in [2.75, 3.05) is 63.8 Å². The summed E-state index contributed by atoms with van der Waals surface area (Å²) in [5.41, 5.74) is 2.08. The van der Waals surface area contributed by atoms with Gasteiger partial charge in [-0.2, -0.15) is 4.98 Å². The SMILES string of the molecule is CNC(=O)COc1cc2cc(Nc3nc(N4CCC(C(=O)NCCCNC(=O)CO/N=C5\CC[C@H]6[C@@H]7CC[C@H]8CC(=O)CC[C@]8(C)[C@H]7CC[C@]56C)CC4)ncc3Cl)cc(OC)c2n(C)c1=O. The molecule has 1 aliphatic heterocycles. The quantitative estimate of drug-likeness (QED) is 0.107. The van der Waals surface area contributed by atoms with Crippen LogP contribution in [0.3, 0.4) is 0 Å². The standard InChI is InChI=1S/C48H64ClN9O8/c1-47-15-11-32(59)23-30(47)7-8-33-34-9-10-39(48(34,2)16-12-35(33)47)56-66-27-41(61)51-17-6-18-52-44(62)28-13-19-58(20-14-28)46-53-25-36(49)43(55-46)54-31-21-29-22-38(65-26-40(60)50-3)45(63)57(4)42(29)37(24-31)64-5/h21-22,24-25,28,30,33-35H,6-20,23,26-27H2,1-5H3,(H,50,60)(H,51,61)(H,52,62)(H,53,54,55)/b56-39+/t30-,33-,34-,35-,47-,48-/m0/s1. The van der Waals surface area contributed by atoms with Gasteiger partial charge in [-0.05, 0) is 105 Å². The molecule has 5 fully saturated rings. The first kappa shape index (κ1) is 47.1. The second kappa shape index (κ2) is 19.8. The second-order valence-corrected chi connectivity index (χ2v) is 19.8. The smallest absolute Gasteiger partial charge is 0.293 e. The number of rotatable bonds is 15. The average molecular weight is 931 g/mol. The van der Waals surface area contributed by atoms with Gasteiger partial charge in [-0.25, -0.2) is 4.98 Å². The van der Waals surface area contributed by atoms with Gasteiger partial charge in [0.15, 0.2) is 24.8 Å². The van der Waals surface area contributed by atoms with Crippen molar-refractivity contribution in [2.45, 2.75) is 90.9 Å². The molecule has 3 amide bonds. The normalized spacial score (nSPS) is 26.8. The Kier molecular flexibility index (Phi) is 14.1. The van der Waals surface area contributed by atoms with Gasteiger partial charge in [-0.3, -0.25) is 24.0 Å². The number of pyridine rings is 1. The first-order chi connectivity index (χ1) is 31.7. The van der Waals surface area contributed by atoms with Crippen LogP contribution in [0.4, 0.5) is 17.5 Å². The van der Waals surface area contributed by atoms with Crippen molar-refractivity contribution < 1.29 is 33.5 Å². The number of carbonyl (C=O) groups excluding carboxylic acids is 4. The maximum atomic E-state index is 13.1. The summed E-state index contributed by atoms with van der Waals surface area (Å²) in [6.45, 7) is 6.38. The number of Topliss-reactive ketones (excluding diaryl/α,β-unsaturated/α-hetero) is 1. The number of aryl methyl sites for hydroxylation is 1. The molecule has 4 N–H and O–H groups in total. The van der Waals surface area contributed by atoms with Crippen LogP contribution in [0, 0.1) is 40.4 Å². The molecular formula is C48H64ClN9O8. The summed E-state index contributed by atoms with van der Waals surface area (Å²) in [5, 5.41) is 17.1. The summed E-state index contributed by atoms with van der Waals surface area (Å²) in [7, 11) is 4.60. The lowest BCUT2D eigenvalue weighted by Crippen LogP contribution is -2.53. The van der Waals surface area contributed by atoms with Gasteiger partial charge in [0.05, 0.1) is 24.5 Å². The Morgan fingerprint density at radius 2 is 1.71 bits per heavy atom. The molecule has 6 atom stereocenters. The van der Waals surface area contributed by atoms with Crippen molar-refractivity contribution >= 4 is 69.2 Å². The lowest BCUT2D eigenvalue weighted by molar-refractivity contribution is -0.136. The van der Waals surface area contributed by atoms with Crippen LogP contribution in [-0.4, -0.2) is 97.3 Å². The van der Waals surface area contributed by atoms with E-state index in [1.807, 2.05) is 4.90 Å². The summed E-state index contributed by atoms with van der Waals surface area (Å²) in [6, 6.07) is 5.10. The first-order valence-electron chi connectivity index (χ1n) is 23.6. The highest BCUT2D eigenvalue weighted by molar-refractivity contribution is 6.33. The molecule has 5 aliphatic rings. The van der Waals surface area contributed by atoms with Crippen molar-refractivity contribution in [1.29, 1.82) is 0 Å². The topological polar surface area (TPSA) is 207 Å². The number of ketones is 1. The molecule has 17 nitrogen and oxygen atoms in total. The summed E-state index contributed by atoms with van der Waals surface area (Å²) >= 11 is 6.56. The summed E-state index contributed by atoms with van der Waals surface area (Å²) < 4.78 is 12.6. The zero-order valence-electron chi connectivity index (χ0n) is 38.8. The first-order valence-corrected chi connectivity index (χ1v) is 23.9. The fourth-order valence-electron chi connectivity index (χ4n) is 12.1. The molecule has 3 aromatic rings. The largest absolute Gasteiger partial charge is 0.494 e. The zero-order chi connectivity index (χ0) is 46.8. The van der Waals surface area contributed by atoms with Crippen LogP contribution in [0.1, 0.15) is 90.9 Å². The van der Waals surface area contributed by atoms with Gasteiger partial charge < -0.3 is 45.0 Å². The number of anilines is 3. The lowest BCUT2D eigenvalue weighted by atomic mass is 9.45. The molecule has 8 rings (SSSR count). The van der Waals surface area contributed by atoms with Crippen LogP contribution in [-0.2, 0) is 31.1 Å². The minimum Gasteiger partial charge on any atom is -0.494 e. The number of ether oxygens (including phenoxy) is 2. The van der Waals surface area contributed by atoms with E-state index in [1.54, 1.807) is 25.2 Å². The molecule has 0 unspecified atom stereocenters. The van der Waals surface area contributed by atoms with Gasteiger partial charge in [0.25, 0.3) is 17.4 Å². The number of methoxy groups -OCH3 is 1. The van der Waals surface area contributed by atoms with E-state index < -0.39 is 5.56 Å². The summed E-state index contributed by atoms with van der Waals surface area (Å²) in [4.78, 5) is 79.7. The number of piperidine rings is 1. The maximum Gasteiger partial charge on any atom is 0.293 e. The maximum absolute atomic E-state index is 13.1. The molecule has 18 heteroatoms. The Hall–Kier alpha value is -5.45. The van der Waals surface area contributed by atoms with Crippen molar-refractivity contribution in [3.8, 4) is 11.5 Å². The monoisotopic (exact) mass is 929 g/mol. The number of benzene rings is 1. The van der Waals surface area contributed by atoms with Crippen LogP contribution in [0.15, 0.2) is 34.3 Å². The fourth-order valence-corrected chi connectivity index (χ4v) is 12.2. The molecule has 66 heavy (non-hydrogen) atoms. The molecule has 2 aromatic heterocycles.